The summed E-state index contributed by atoms with van der Waals surface area (Å²) in [5.74, 6) is 0.606. The van der Waals surface area contributed by atoms with E-state index in [-0.39, 0.29) is 17.9 Å². The van der Waals surface area contributed by atoms with Crippen LogP contribution in [0.25, 0.3) is 0 Å². The van der Waals surface area contributed by atoms with Crippen LogP contribution in [0.2, 0.25) is 0 Å². The van der Waals surface area contributed by atoms with Gasteiger partial charge in [-0.25, -0.2) is 0 Å². The van der Waals surface area contributed by atoms with Crippen molar-refractivity contribution in [3.05, 3.63) is 65.2 Å². The summed E-state index contributed by atoms with van der Waals surface area (Å²) in [6.45, 7) is 9.05. The molecular weight excluding hydrogens is 286 g/mol. The summed E-state index contributed by atoms with van der Waals surface area (Å²) >= 11 is 0. The summed E-state index contributed by atoms with van der Waals surface area (Å²) in [6.07, 6.45) is 0. The molecule has 0 aliphatic rings. The minimum Gasteiger partial charge on any atom is -0.484 e. The van der Waals surface area contributed by atoms with Gasteiger partial charge >= 0.3 is 0 Å². The number of rotatable bonds is 5. The molecule has 0 aliphatic heterocycles. The van der Waals surface area contributed by atoms with Gasteiger partial charge in [0.25, 0.3) is 5.91 Å². The Labute approximate surface area is 138 Å². The molecule has 3 heteroatoms. The Kier molecular flexibility index (Phi) is 5.43. The number of carbonyl (C=O) groups is 1. The highest BCUT2D eigenvalue weighted by Crippen LogP contribution is 2.25. The van der Waals surface area contributed by atoms with Gasteiger partial charge in [-0.15, -0.1) is 0 Å². The highest BCUT2D eigenvalue weighted by molar-refractivity contribution is 5.77. The fourth-order valence-corrected chi connectivity index (χ4v) is 2.16. The summed E-state index contributed by atoms with van der Waals surface area (Å²) in [6, 6.07) is 16.0. The highest BCUT2D eigenvalue weighted by atomic mass is 16.5. The maximum atomic E-state index is 11.9. The maximum Gasteiger partial charge on any atom is 0.258 e. The minimum absolute atomic E-state index is 0.0272. The van der Waals surface area contributed by atoms with Gasteiger partial charge in [0, 0.05) is 6.54 Å². The van der Waals surface area contributed by atoms with Crippen LogP contribution in [0.3, 0.4) is 0 Å². The van der Waals surface area contributed by atoms with Gasteiger partial charge in [-0.3, -0.25) is 4.79 Å². The smallest absolute Gasteiger partial charge is 0.258 e. The van der Waals surface area contributed by atoms with Gasteiger partial charge in [-0.1, -0.05) is 62.7 Å². The topological polar surface area (TPSA) is 38.3 Å². The lowest BCUT2D eigenvalue weighted by atomic mass is 9.87. The van der Waals surface area contributed by atoms with Crippen molar-refractivity contribution in [2.24, 2.45) is 0 Å². The maximum absolute atomic E-state index is 11.9. The molecule has 0 unspecified atom stereocenters. The molecule has 0 aliphatic carbocycles. The number of hydrogen-bond acceptors (Lipinski definition) is 2. The SMILES string of the molecule is Cc1ccc(CNC(=O)COc2cccc(C(C)(C)C)c2)cc1. The summed E-state index contributed by atoms with van der Waals surface area (Å²) < 4.78 is 5.60. The first-order valence-electron chi connectivity index (χ1n) is 7.90. The molecule has 3 nitrogen and oxygen atoms in total. The van der Waals surface area contributed by atoms with Crippen molar-refractivity contribution in [3.63, 3.8) is 0 Å². The molecule has 0 radical (unpaired) electrons. The fraction of sp³-hybridized carbons (Fsp3) is 0.350. The molecule has 2 aromatic rings. The van der Waals surface area contributed by atoms with Crippen LogP contribution in [0.4, 0.5) is 0 Å². The largest absolute Gasteiger partial charge is 0.484 e. The predicted molar refractivity (Wildman–Crippen MR) is 93.7 cm³/mol. The normalized spacial score (nSPS) is 11.1. The molecule has 0 aromatic heterocycles. The van der Waals surface area contributed by atoms with Crippen molar-refractivity contribution in [2.45, 2.75) is 39.7 Å². The zero-order valence-electron chi connectivity index (χ0n) is 14.3. The summed E-state index contributed by atoms with van der Waals surface area (Å²) in [5.41, 5.74) is 3.54. The average Bonchev–Trinajstić information content (AvgIpc) is 2.52. The number of nitrogens with one attached hydrogen (secondary N) is 1. The van der Waals surface area contributed by atoms with E-state index in [0.717, 1.165) is 11.3 Å². The lowest BCUT2D eigenvalue weighted by Gasteiger charge is -2.19. The van der Waals surface area contributed by atoms with Crippen molar-refractivity contribution in [2.75, 3.05) is 6.61 Å². The second-order valence-corrected chi connectivity index (χ2v) is 6.83. The number of ether oxygens (including phenoxy) is 1. The molecule has 0 heterocycles. The van der Waals surface area contributed by atoms with Crippen LogP contribution in [0.5, 0.6) is 5.75 Å². The van der Waals surface area contributed by atoms with Crippen LogP contribution in [-0.4, -0.2) is 12.5 Å². The Morgan fingerprint density at radius 3 is 2.43 bits per heavy atom. The summed E-state index contributed by atoms with van der Waals surface area (Å²) in [4.78, 5) is 11.9. The lowest BCUT2D eigenvalue weighted by molar-refractivity contribution is -0.123. The summed E-state index contributed by atoms with van der Waals surface area (Å²) in [5, 5.41) is 2.87. The number of hydrogen-bond donors (Lipinski definition) is 1. The molecule has 0 atom stereocenters. The van der Waals surface area contributed by atoms with Crippen molar-refractivity contribution in [1.29, 1.82) is 0 Å². The predicted octanol–water partition coefficient (Wildman–Crippen LogP) is 3.99. The number of carbonyl (C=O) groups excluding carboxylic acids is 1. The van der Waals surface area contributed by atoms with E-state index < -0.39 is 0 Å². The van der Waals surface area contributed by atoms with Crippen LogP contribution in [-0.2, 0) is 16.8 Å². The van der Waals surface area contributed by atoms with Crippen LogP contribution in [0.15, 0.2) is 48.5 Å². The number of benzene rings is 2. The highest BCUT2D eigenvalue weighted by Gasteiger charge is 2.14. The van der Waals surface area contributed by atoms with Crippen molar-refractivity contribution in [1.82, 2.24) is 5.32 Å². The third kappa shape index (κ3) is 5.44. The summed E-state index contributed by atoms with van der Waals surface area (Å²) in [7, 11) is 0. The molecule has 1 amide bonds. The molecule has 0 fully saturated rings. The van der Waals surface area contributed by atoms with Crippen LogP contribution < -0.4 is 10.1 Å². The van der Waals surface area contributed by atoms with Gasteiger partial charge in [-0.2, -0.15) is 0 Å². The van der Waals surface area contributed by atoms with E-state index >= 15 is 0 Å². The quantitative estimate of drug-likeness (QED) is 0.907. The fourth-order valence-electron chi connectivity index (χ4n) is 2.16. The number of aryl methyl sites for hydroxylation is 1. The monoisotopic (exact) mass is 311 g/mol. The lowest BCUT2D eigenvalue weighted by Crippen LogP contribution is -2.28. The Hall–Kier alpha value is -2.29. The van der Waals surface area contributed by atoms with E-state index in [1.54, 1.807) is 0 Å². The Morgan fingerprint density at radius 1 is 1.09 bits per heavy atom. The zero-order chi connectivity index (χ0) is 16.9. The van der Waals surface area contributed by atoms with Gasteiger partial charge in [-0.05, 0) is 35.6 Å². The molecule has 0 saturated carbocycles. The molecule has 0 saturated heterocycles. The van der Waals surface area contributed by atoms with Crippen molar-refractivity contribution in [3.8, 4) is 5.75 Å². The third-order valence-electron chi connectivity index (χ3n) is 3.68. The van der Waals surface area contributed by atoms with E-state index in [4.69, 9.17) is 4.74 Å². The van der Waals surface area contributed by atoms with Gasteiger partial charge < -0.3 is 10.1 Å². The van der Waals surface area contributed by atoms with Crippen molar-refractivity contribution < 1.29 is 9.53 Å². The van der Waals surface area contributed by atoms with Gasteiger partial charge in [0.15, 0.2) is 6.61 Å². The van der Waals surface area contributed by atoms with Crippen LogP contribution in [0, 0.1) is 6.92 Å². The molecule has 2 aromatic carbocycles. The third-order valence-corrected chi connectivity index (χ3v) is 3.68. The zero-order valence-corrected chi connectivity index (χ0v) is 14.3. The van der Waals surface area contributed by atoms with E-state index in [9.17, 15) is 4.79 Å². The molecular formula is C20H25NO2. The molecule has 0 spiro atoms. The minimum atomic E-state index is -0.119. The van der Waals surface area contributed by atoms with Crippen LogP contribution >= 0.6 is 0 Å². The average molecular weight is 311 g/mol. The first-order valence-corrected chi connectivity index (χ1v) is 7.90. The van der Waals surface area contributed by atoms with Crippen LogP contribution in [0.1, 0.15) is 37.5 Å². The first kappa shape index (κ1) is 17.1. The molecule has 23 heavy (non-hydrogen) atoms. The van der Waals surface area contributed by atoms with E-state index in [0.29, 0.717) is 6.54 Å². The van der Waals surface area contributed by atoms with Gasteiger partial charge in [0.05, 0.1) is 0 Å². The second-order valence-electron chi connectivity index (χ2n) is 6.83. The van der Waals surface area contributed by atoms with E-state index in [1.165, 1.54) is 11.1 Å². The van der Waals surface area contributed by atoms with Gasteiger partial charge in [0.2, 0.25) is 0 Å². The molecule has 122 valence electrons. The van der Waals surface area contributed by atoms with Gasteiger partial charge in [0.1, 0.15) is 5.75 Å². The Morgan fingerprint density at radius 2 is 1.78 bits per heavy atom. The van der Waals surface area contributed by atoms with E-state index in [2.05, 4.69) is 32.2 Å². The van der Waals surface area contributed by atoms with Crippen molar-refractivity contribution >= 4 is 5.91 Å². The molecule has 2 rings (SSSR count). The molecule has 0 bridgehead atoms. The first-order chi connectivity index (χ1) is 10.8. The second kappa shape index (κ2) is 7.32. The standard InChI is InChI=1S/C20H25NO2/c1-15-8-10-16(11-9-15)13-21-19(22)14-23-18-7-5-6-17(12-18)20(2,3)4/h5-12H,13-14H2,1-4H3,(H,21,22). The van der Waals surface area contributed by atoms with E-state index in [1.807, 2.05) is 49.4 Å². The molecule has 1 N–H and O–H groups in total. The Bertz CT molecular complexity index is 654. The number of amides is 1. The Balaban J connectivity index is 1.83.